The smallest absolute Gasteiger partial charge is 0.150 e. The molecule has 2 aliphatic carbocycles. The van der Waals surface area contributed by atoms with Crippen LogP contribution in [0.5, 0.6) is 0 Å². The van der Waals surface area contributed by atoms with Crippen LogP contribution in [0.4, 0.5) is 0 Å². The summed E-state index contributed by atoms with van der Waals surface area (Å²) in [5.41, 5.74) is 0.859. The van der Waals surface area contributed by atoms with Gasteiger partial charge in [0.15, 0.2) is 5.78 Å². The third kappa shape index (κ3) is 2.62. The molecule has 0 aromatic rings. The number of carbonyl (C=O) groups is 2. The van der Waals surface area contributed by atoms with Crippen LogP contribution in [0.2, 0.25) is 0 Å². The van der Waals surface area contributed by atoms with E-state index in [1.807, 2.05) is 0 Å². The van der Waals surface area contributed by atoms with Crippen LogP contribution in [0, 0.1) is 35.5 Å². The minimum Gasteiger partial charge on any atom is -0.299 e. The predicted molar refractivity (Wildman–Crippen MR) is 81.3 cm³/mol. The van der Waals surface area contributed by atoms with E-state index in [1.165, 1.54) is 0 Å². The Bertz CT molecular complexity index is 407. The van der Waals surface area contributed by atoms with Crippen molar-refractivity contribution in [3.63, 3.8) is 0 Å². The van der Waals surface area contributed by atoms with Crippen molar-refractivity contribution in [3.05, 3.63) is 12.2 Å². The van der Waals surface area contributed by atoms with Crippen molar-refractivity contribution in [1.82, 2.24) is 0 Å². The first kappa shape index (κ1) is 15.5. The number of hydrogen-bond donors (Lipinski definition) is 0. The van der Waals surface area contributed by atoms with E-state index in [4.69, 9.17) is 0 Å². The molecule has 2 aliphatic rings. The zero-order valence-electron chi connectivity index (χ0n) is 13.3. The van der Waals surface area contributed by atoms with Gasteiger partial charge in [0, 0.05) is 12.3 Å². The molecule has 2 nitrogen and oxygen atoms in total. The van der Waals surface area contributed by atoms with Crippen molar-refractivity contribution in [2.45, 2.75) is 53.4 Å². The maximum absolute atomic E-state index is 12.9. The first-order chi connectivity index (χ1) is 9.34. The molecule has 2 rings (SSSR count). The fraction of sp³-hybridized carbons (Fsp3) is 0.778. The van der Waals surface area contributed by atoms with Gasteiger partial charge in [0.1, 0.15) is 5.78 Å². The molecular formula is C18H28O2. The first-order valence-corrected chi connectivity index (χ1v) is 8.08. The van der Waals surface area contributed by atoms with E-state index in [2.05, 4.69) is 34.3 Å². The van der Waals surface area contributed by atoms with E-state index < -0.39 is 5.92 Å². The lowest BCUT2D eigenvalue weighted by Gasteiger charge is -2.43. The molecule has 2 heteroatoms. The number of allylic oxidation sites excluding steroid dienone is 1. The van der Waals surface area contributed by atoms with E-state index in [0.717, 1.165) is 24.8 Å². The van der Waals surface area contributed by atoms with Gasteiger partial charge in [-0.25, -0.2) is 0 Å². The van der Waals surface area contributed by atoms with Crippen molar-refractivity contribution in [2.75, 3.05) is 0 Å². The van der Waals surface area contributed by atoms with Gasteiger partial charge in [0.05, 0.1) is 5.92 Å². The Morgan fingerprint density at radius 3 is 2.30 bits per heavy atom. The van der Waals surface area contributed by atoms with Gasteiger partial charge in [-0.1, -0.05) is 39.8 Å². The molecule has 0 aromatic carbocycles. The molecule has 0 bridgehead atoms. The zero-order chi connectivity index (χ0) is 15.0. The summed E-state index contributed by atoms with van der Waals surface area (Å²) in [7, 11) is 0. The van der Waals surface area contributed by atoms with Crippen molar-refractivity contribution >= 4 is 11.6 Å². The molecule has 0 amide bonds. The highest BCUT2D eigenvalue weighted by atomic mass is 16.2. The van der Waals surface area contributed by atoms with Gasteiger partial charge in [-0.15, -0.1) is 0 Å². The Hall–Kier alpha value is -0.920. The standard InChI is InChI=1S/C18H28O2/c1-10-7-6-8-16(19)17(10)18(20)15-9-11(2)12(3)13(4)14(15)5/h11-15,17H,1,6-9H2,2-5H3/t11?,12?,13-,14?,15?,17?/m1/s1. The second-order valence-electron chi connectivity index (χ2n) is 7.21. The van der Waals surface area contributed by atoms with E-state index in [1.54, 1.807) is 0 Å². The summed E-state index contributed by atoms with van der Waals surface area (Å²) in [5, 5.41) is 0. The van der Waals surface area contributed by atoms with Gasteiger partial charge in [0.25, 0.3) is 0 Å². The van der Waals surface area contributed by atoms with Gasteiger partial charge >= 0.3 is 0 Å². The average Bonchev–Trinajstić information content (AvgIpc) is 2.40. The van der Waals surface area contributed by atoms with E-state index in [-0.39, 0.29) is 17.5 Å². The summed E-state index contributed by atoms with van der Waals surface area (Å²) in [6, 6.07) is 0. The molecule has 0 radical (unpaired) electrons. The molecule has 2 saturated carbocycles. The molecule has 0 aliphatic heterocycles. The quantitative estimate of drug-likeness (QED) is 0.563. The lowest BCUT2D eigenvalue weighted by molar-refractivity contribution is -0.137. The van der Waals surface area contributed by atoms with Gasteiger partial charge in [0.2, 0.25) is 0 Å². The van der Waals surface area contributed by atoms with Crippen LogP contribution in [0.25, 0.3) is 0 Å². The molecule has 5 unspecified atom stereocenters. The SMILES string of the molecule is C=C1CCCC(=O)C1C(=O)C1CC(C)C(C)[C@@H](C)C1C. The second-order valence-corrected chi connectivity index (χ2v) is 7.21. The number of carbonyl (C=O) groups excluding carboxylic acids is 2. The summed E-state index contributed by atoms with van der Waals surface area (Å²) in [6.45, 7) is 13.0. The Morgan fingerprint density at radius 1 is 1.05 bits per heavy atom. The summed E-state index contributed by atoms with van der Waals surface area (Å²) >= 11 is 0. The van der Waals surface area contributed by atoms with Crippen molar-refractivity contribution in [2.24, 2.45) is 35.5 Å². The van der Waals surface area contributed by atoms with E-state index in [9.17, 15) is 9.59 Å². The summed E-state index contributed by atoms with van der Waals surface area (Å²) in [4.78, 5) is 25.0. The summed E-state index contributed by atoms with van der Waals surface area (Å²) in [5.74, 6) is 1.94. The largest absolute Gasteiger partial charge is 0.299 e. The van der Waals surface area contributed by atoms with Crippen LogP contribution in [0.15, 0.2) is 12.2 Å². The second kappa shape index (κ2) is 5.83. The van der Waals surface area contributed by atoms with Gasteiger partial charge in [-0.2, -0.15) is 0 Å². The van der Waals surface area contributed by atoms with Gasteiger partial charge in [-0.05, 0) is 42.9 Å². The van der Waals surface area contributed by atoms with Crippen LogP contribution in [-0.2, 0) is 9.59 Å². The highest BCUT2D eigenvalue weighted by Crippen LogP contribution is 2.44. The van der Waals surface area contributed by atoms with E-state index >= 15 is 0 Å². The minimum atomic E-state index is -0.496. The normalized spacial score (nSPS) is 42.6. The Balaban J connectivity index is 2.19. The molecule has 0 heterocycles. The zero-order valence-corrected chi connectivity index (χ0v) is 13.3. The Kier molecular flexibility index (Phi) is 4.51. The topological polar surface area (TPSA) is 34.1 Å². The van der Waals surface area contributed by atoms with Crippen LogP contribution in [0.1, 0.15) is 53.4 Å². The molecule has 0 saturated heterocycles. The van der Waals surface area contributed by atoms with Crippen LogP contribution in [-0.4, -0.2) is 11.6 Å². The minimum absolute atomic E-state index is 0.0417. The molecule has 0 aromatic heterocycles. The summed E-state index contributed by atoms with van der Waals surface area (Å²) < 4.78 is 0. The van der Waals surface area contributed by atoms with Crippen LogP contribution in [0.3, 0.4) is 0 Å². The molecule has 0 N–H and O–H groups in total. The molecule has 112 valence electrons. The maximum Gasteiger partial charge on any atom is 0.150 e. The van der Waals surface area contributed by atoms with Gasteiger partial charge in [-0.3, -0.25) is 9.59 Å². The monoisotopic (exact) mass is 276 g/mol. The third-order valence-corrected chi connectivity index (χ3v) is 6.12. The summed E-state index contributed by atoms with van der Waals surface area (Å²) in [6.07, 6.45) is 3.19. The van der Waals surface area contributed by atoms with Crippen molar-refractivity contribution in [1.29, 1.82) is 0 Å². The highest BCUT2D eigenvalue weighted by Gasteiger charge is 2.44. The average molecular weight is 276 g/mol. The fourth-order valence-corrected chi connectivity index (χ4v) is 4.15. The molecular weight excluding hydrogens is 248 g/mol. The van der Waals surface area contributed by atoms with Crippen LogP contribution >= 0.6 is 0 Å². The van der Waals surface area contributed by atoms with Crippen molar-refractivity contribution < 1.29 is 9.59 Å². The Labute approximate surface area is 123 Å². The third-order valence-electron chi connectivity index (χ3n) is 6.12. The fourth-order valence-electron chi connectivity index (χ4n) is 4.15. The molecule has 6 atom stereocenters. The number of ketones is 2. The molecule has 2 fully saturated rings. The number of rotatable bonds is 2. The highest BCUT2D eigenvalue weighted by molar-refractivity contribution is 6.06. The van der Waals surface area contributed by atoms with Crippen LogP contribution < -0.4 is 0 Å². The number of hydrogen-bond acceptors (Lipinski definition) is 2. The van der Waals surface area contributed by atoms with E-state index in [0.29, 0.717) is 30.1 Å². The van der Waals surface area contributed by atoms with Gasteiger partial charge < -0.3 is 0 Å². The maximum atomic E-state index is 12.9. The lowest BCUT2D eigenvalue weighted by atomic mass is 9.61. The Morgan fingerprint density at radius 2 is 1.70 bits per heavy atom. The van der Waals surface area contributed by atoms with Crippen molar-refractivity contribution in [3.8, 4) is 0 Å². The first-order valence-electron chi connectivity index (χ1n) is 8.08. The lowest BCUT2D eigenvalue weighted by Crippen LogP contribution is -2.43. The predicted octanol–water partition coefficient (Wildman–Crippen LogP) is 4.05. The number of Topliss-reactive ketones (excluding diaryl/α,β-unsaturated/α-hetero) is 2. The molecule has 0 spiro atoms. The molecule has 20 heavy (non-hydrogen) atoms.